The van der Waals surface area contributed by atoms with Crippen LogP contribution in [0.1, 0.15) is 11.5 Å². The Morgan fingerprint density at radius 3 is 2.57 bits per heavy atom. The van der Waals surface area contributed by atoms with E-state index in [-0.39, 0.29) is 22.9 Å². The van der Waals surface area contributed by atoms with Crippen LogP contribution < -0.4 is 5.32 Å². The third-order valence-corrected chi connectivity index (χ3v) is 5.53. The maximum absolute atomic E-state index is 12.5. The van der Waals surface area contributed by atoms with Gasteiger partial charge < -0.3 is 9.84 Å². The summed E-state index contributed by atoms with van der Waals surface area (Å²) in [6.07, 6.45) is 0. The zero-order valence-corrected chi connectivity index (χ0v) is 14.4. The van der Waals surface area contributed by atoms with E-state index in [0.29, 0.717) is 10.7 Å². The molecule has 0 atom stereocenters. The Hall–Kier alpha value is -1.90. The number of carbonyl (C=O) groups excluding carboxylic acids is 1. The van der Waals surface area contributed by atoms with E-state index in [2.05, 4.69) is 10.5 Å². The summed E-state index contributed by atoms with van der Waals surface area (Å²) in [6.45, 7) is 2.67. The molecule has 0 radical (unpaired) electrons. The molecule has 0 aliphatic rings. The van der Waals surface area contributed by atoms with Gasteiger partial charge >= 0.3 is 0 Å². The van der Waals surface area contributed by atoms with Gasteiger partial charge in [0, 0.05) is 7.05 Å². The van der Waals surface area contributed by atoms with Gasteiger partial charge in [0.1, 0.15) is 10.6 Å². The lowest BCUT2D eigenvalue weighted by molar-refractivity contribution is -0.116. The Morgan fingerprint density at radius 2 is 2.00 bits per heavy atom. The highest BCUT2D eigenvalue weighted by Gasteiger charge is 2.29. The SMILES string of the molecule is Cc1noc(C)c1S(=O)(=O)N(C)CC(=O)Nc1ccccc1Cl. The van der Waals surface area contributed by atoms with E-state index in [4.69, 9.17) is 16.1 Å². The van der Waals surface area contributed by atoms with Crippen LogP contribution in [-0.4, -0.2) is 37.4 Å². The number of aryl methyl sites for hydroxylation is 2. The average Bonchev–Trinajstić information content (AvgIpc) is 2.81. The van der Waals surface area contributed by atoms with E-state index in [1.165, 1.54) is 20.9 Å². The van der Waals surface area contributed by atoms with E-state index in [1.807, 2.05) is 0 Å². The number of carbonyl (C=O) groups is 1. The fraction of sp³-hybridized carbons (Fsp3) is 0.286. The first kappa shape index (κ1) is 17.5. The fourth-order valence-corrected chi connectivity index (χ4v) is 3.63. The number of likely N-dealkylation sites (N-methyl/N-ethyl adjacent to an activating group) is 1. The van der Waals surface area contributed by atoms with Crippen molar-refractivity contribution in [2.45, 2.75) is 18.7 Å². The molecule has 2 rings (SSSR count). The first-order chi connectivity index (χ1) is 10.7. The normalized spacial score (nSPS) is 11.7. The number of para-hydroxylation sites is 1. The van der Waals surface area contributed by atoms with Gasteiger partial charge in [-0.25, -0.2) is 8.42 Å². The molecule has 2 aromatic rings. The highest BCUT2D eigenvalue weighted by Crippen LogP contribution is 2.23. The molecular weight excluding hydrogens is 342 g/mol. The number of sulfonamides is 1. The molecule has 23 heavy (non-hydrogen) atoms. The van der Waals surface area contributed by atoms with E-state index in [0.717, 1.165) is 4.31 Å². The van der Waals surface area contributed by atoms with E-state index in [1.54, 1.807) is 24.3 Å². The lowest BCUT2D eigenvalue weighted by Gasteiger charge is -2.16. The number of anilines is 1. The van der Waals surface area contributed by atoms with Crippen LogP contribution in [-0.2, 0) is 14.8 Å². The Balaban J connectivity index is 2.14. The summed E-state index contributed by atoms with van der Waals surface area (Å²) < 4.78 is 30.8. The van der Waals surface area contributed by atoms with Gasteiger partial charge in [-0.15, -0.1) is 0 Å². The summed E-state index contributed by atoms with van der Waals surface area (Å²) in [6, 6.07) is 6.70. The zero-order chi connectivity index (χ0) is 17.2. The average molecular weight is 358 g/mol. The summed E-state index contributed by atoms with van der Waals surface area (Å²) in [4.78, 5) is 12.0. The van der Waals surface area contributed by atoms with Crippen molar-refractivity contribution >= 4 is 33.2 Å². The molecule has 1 N–H and O–H groups in total. The third-order valence-electron chi connectivity index (χ3n) is 3.15. The monoisotopic (exact) mass is 357 g/mol. The summed E-state index contributed by atoms with van der Waals surface area (Å²) in [7, 11) is -2.56. The number of hydrogen-bond donors (Lipinski definition) is 1. The van der Waals surface area contributed by atoms with Gasteiger partial charge in [0.25, 0.3) is 0 Å². The summed E-state index contributed by atoms with van der Waals surface area (Å²) >= 11 is 5.95. The molecule has 0 spiro atoms. The molecule has 1 amide bonds. The largest absolute Gasteiger partial charge is 0.360 e. The molecule has 7 nitrogen and oxygen atoms in total. The molecule has 1 aromatic carbocycles. The maximum atomic E-state index is 12.5. The van der Waals surface area contributed by atoms with Crippen molar-refractivity contribution in [1.29, 1.82) is 0 Å². The minimum atomic E-state index is -3.87. The van der Waals surface area contributed by atoms with Crippen molar-refractivity contribution in [3.63, 3.8) is 0 Å². The molecule has 0 bridgehead atoms. The number of nitrogens with one attached hydrogen (secondary N) is 1. The minimum absolute atomic E-state index is 0.0226. The molecule has 9 heteroatoms. The van der Waals surface area contributed by atoms with Gasteiger partial charge in [0.05, 0.1) is 17.3 Å². The summed E-state index contributed by atoms with van der Waals surface area (Å²) in [5.74, 6) is -0.322. The summed E-state index contributed by atoms with van der Waals surface area (Å²) in [5.41, 5.74) is 0.670. The maximum Gasteiger partial charge on any atom is 0.248 e. The molecule has 1 aromatic heterocycles. The zero-order valence-electron chi connectivity index (χ0n) is 12.8. The van der Waals surface area contributed by atoms with Crippen LogP contribution >= 0.6 is 11.6 Å². The van der Waals surface area contributed by atoms with E-state index >= 15 is 0 Å². The quantitative estimate of drug-likeness (QED) is 0.885. The van der Waals surface area contributed by atoms with Gasteiger partial charge in [-0.1, -0.05) is 28.9 Å². The van der Waals surface area contributed by atoms with Crippen LogP contribution in [0.15, 0.2) is 33.7 Å². The number of hydrogen-bond acceptors (Lipinski definition) is 5. The number of aromatic nitrogens is 1. The Kier molecular flexibility index (Phi) is 5.08. The number of amides is 1. The van der Waals surface area contributed by atoms with Crippen LogP contribution in [0.2, 0.25) is 5.02 Å². The van der Waals surface area contributed by atoms with Crippen molar-refractivity contribution in [1.82, 2.24) is 9.46 Å². The molecular formula is C14H16ClN3O4S. The first-order valence-electron chi connectivity index (χ1n) is 6.67. The number of halogens is 1. The molecule has 0 unspecified atom stereocenters. The molecule has 0 fully saturated rings. The number of rotatable bonds is 5. The van der Waals surface area contributed by atoms with Crippen LogP contribution in [0.4, 0.5) is 5.69 Å². The third kappa shape index (κ3) is 3.72. The second-order valence-electron chi connectivity index (χ2n) is 4.94. The molecule has 124 valence electrons. The van der Waals surface area contributed by atoms with Crippen LogP contribution in [0.25, 0.3) is 0 Å². The smallest absolute Gasteiger partial charge is 0.248 e. The first-order valence-corrected chi connectivity index (χ1v) is 8.49. The molecule has 0 saturated heterocycles. The van der Waals surface area contributed by atoms with Gasteiger partial charge in [-0.05, 0) is 26.0 Å². The molecule has 0 aliphatic carbocycles. The highest BCUT2D eigenvalue weighted by atomic mass is 35.5. The lowest BCUT2D eigenvalue weighted by Crippen LogP contribution is -2.35. The second-order valence-corrected chi connectivity index (χ2v) is 7.33. The number of benzene rings is 1. The van der Waals surface area contributed by atoms with Gasteiger partial charge in [0.15, 0.2) is 5.76 Å². The Labute approximate surface area is 139 Å². The van der Waals surface area contributed by atoms with Crippen molar-refractivity contribution in [2.24, 2.45) is 0 Å². The van der Waals surface area contributed by atoms with Crippen LogP contribution in [0.5, 0.6) is 0 Å². The minimum Gasteiger partial charge on any atom is -0.360 e. The van der Waals surface area contributed by atoms with E-state index in [9.17, 15) is 13.2 Å². The molecule has 0 saturated carbocycles. The predicted octanol–water partition coefficient (Wildman–Crippen LogP) is 2.20. The fourth-order valence-electron chi connectivity index (χ4n) is 2.04. The van der Waals surface area contributed by atoms with Gasteiger partial charge in [-0.3, -0.25) is 4.79 Å². The Bertz CT molecular complexity index is 813. The van der Waals surface area contributed by atoms with Gasteiger partial charge in [-0.2, -0.15) is 4.31 Å². The highest BCUT2D eigenvalue weighted by molar-refractivity contribution is 7.89. The van der Waals surface area contributed by atoms with Gasteiger partial charge in [0.2, 0.25) is 15.9 Å². The topological polar surface area (TPSA) is 92.5 Å². The van der Waals surface area contributed by atoms with Crippen molar-refractivity contribution < 1.29 is 17.7 Å². The molecule has 1 heterocycles. The van der Waals surface area contributed by atoms with Crippen molar-refractivity contribution in [3.8, 4) is 0 Å². The number of nitrogens with zero attached hydrogens (tertiary/aromatic N) is 2. The second kappa shape index (κ2) is 6.69. The van der Waals surface area contributed by atoms with Crippen molar-refractivity contribution in [3.05, 3.63) is 40.7 Å². The molecule has 0 aliphatic heterocycles. The Morgan fingerprint density at radius 1 is 1.35 bits per heavy atom. The lowest BCUT2D eigenvalue weighted by atomic mass is 10.3. The van der Waals surface area contributed by atoms with E-state index < -0.39 is 15.9 Å². The van der Waals surface area contributed by atoms with Crippen LogP contribution in [0, 0.1) is 13.8 Å². The van der Waals surface area contributed by atoms with Crippen LogP contribution in [0.3, 0.4) is 0 Å². The standard InChI is InChI=1S/C14H16ClN3O4S/c1-9-14(10(2)22-17-9)23(20,21)18(3)8-13(19)16-12-7-5-4-6-11(12)15/h4-7H,8H2,1-3H3,(H,16,19). The summed E-state index contributed by atoms with van der Waals surface area (Å²) in [5, 5.41) is 6.57. The van der Waals surface area contributed by atoms with Crippen molar-refractivity contribution in [2.75, 3.05) is 18.9 Å². The predicted molar refractivity (Wildman–Crippen MR) is 85.9 cm³/mol.